The van der Waals surface area contributed by atoms with E-state index in [1.165, 1.54) is 77.0 Å². The van der Waals surface area contributed by atoms with Crippen LogP contribution in [0.2, 0.25) is 0 Å². The van der Waals surface area contributed by atoms with Crippen molar-refractivity contribution in [3.8, 4) is 0 Å². The Bertz CT molecular complexity index is 827. The van der Waals surface area contributed by atoms with E-state index in [0.29, 0.717) is 10.5 Å². The topological polar surface area (TPSA) is 34.1 Å². The van der Waals surface area contributed by atoms with E-state index in [1.807, 2.05) is 11.8 Å². The summed E-state index contributed by atoms with van der Waals surface area (Å²) in [4.78, 5) is 0. The van der Waals surface area contributed by atoms with Crippen LogP contribution in [0.25, 0.3) is 0 Å². The minimum absolute atomic E-state index is 0.0469. The Morgan fingerprint density at radius 2 is 0.550 bits per heavy atom. The maximum atomic E-state index is 13.6. The minimum Gasteiger partial charge on any atom is -0.228 e. The molecule has 0 amide bonds. The first-order valence-corrected chi connectivity index (χ1v) is 23.7. The highest BCUT2D eigenvalue weighted by Crippen LogP contribution is 2.45. The van der Waals surface area contributed by atoms with Gasteiger partial charge in [0.05, 0.1) is 10.5 Å². The van der Waals surface area contributed by atoms with E-state index < -0.39 is 9.84 Å². The van der Waals surface area contributed by atoms with Crippen molar-refractivity contribution < 1.29 is 8.42 Å². The molecule has 0 heterocycles. The molecule has 5 aliphatic carbocycles. The molecule has 0 spiro atoms. The van der Waals surface area contributed by atoms with Gasteiger partial charge in [0.25, 0.3) is 0 Å². The average Bonchev–Trinajstić information content (AvgIpc) is 2.99. The molecule has 0 aromatic carbocycles. The lowest BCUT2D eigenvalue weighted by molar-refractivity contribution is 0.453. The molecule has 232 valence electrons. The summed E-state index contributed by atoms with van der Waals surface area (Å²) in [5.74, 6) is 0. The number of sulfone groups is 1. The Balaban J connectivity index is 0.963. The Labute approximate surface area is 268 Å². The highest BCUT2D eigenvalue weighted by molar-refractivity contribution is 8.01. The van der Waals surface area contributed by atoms with E-state index in [0.717, 1.165) is 82.9 Å². The van der Waals surface area contributed by atoms with Gasteiger partial charge >= 0.3 is 0 Å². The standard InChI is InChI=1S/C32H56O2S6/c1-35-23-3-7-25(8-4-23)37-27-11-13-28(14-12-27)39-30-17-21-32(22-18-30)40(33,34)31-19-15-29(16-20-31)38-26-9-5-24(36-2)6-10-26/h23-32H,3-22H2,1-2H3. The molecule has 0 atom stereocenters. The quantitative estimate of drug-likeness (QED) is 0.230. The van der Waals surface area contributed by atoms with Crippen LogP contribution in [-0.2, 0) is 9.84 Å². The summed E-state index contributed by atoms with van der Waals surface area (Å²) in [6.07, 6.45) is 29.6. The molecule has 5 saturated carbocycles. The molecule has 5 aliphatic rings. The van der Waals surface area contributed by atoms with E-state index in [2.05, 4.69) is 59.6 Å². The third-order valence-corrected chi connectivity index (χ3v) is 21.1. The first-order chi connectivity index (χ1) is 19.4. The van der Waals surface area contributed by atoms with Crippen molar-refractivity contribution in [2.75, 3.05) is 12.5 Å². The zero-order chi connectivity index (χ0) is 28.0. The second-order valence-electron chi connectivity index (χ2n) is 13.5. The largest absolute Gasteiger partial charge is 0.228 e. The summed E-state index contributed by atoms with van der Waals surface area (Å²) < 4.78 is 27.2. The molecule has 0 aromatic heterocycles. The second kappa shape index (κ2) is 16.3. The fourth-order valence-corrected chi connectivity index (χ4v) is 17.0. The zero-order valence-electron chi connectivity index (χ0n) is 25.2. The molecule has 0 unspecified atom stereocenters. The highest BCUT2D eigenvalue weighted by Gasteiger charge is 2.40. The van der Waals surface area contributed by atoms with Crippen molar-refractivity contribution in [1.29, 1.82) is 0 Å². The monoisotopic (exact) mass is 664 g/mol. The van der Waals surface area contributed by atoms with Gasteiger partial charge in [-0.25, -0.2) is 8.42 Å². The van der Waals surface area contributed by atoms with E-state index in [1.54, 1.807) is 0 Å². The van der Waals surface area contributed by atoms with Gasteiger partial charge in [-0.2, -0.15) is 58.8 Å². The normalized spacial score (nSPS) is 42.0. The minimum atomic E-state index is -2.96. The summed E-state index contributed by atoms with van der Waals surface area (Å²) in [5.41, 5.74) is 0. The number of rotatable bonds is 10. The molecule has 0 N–H and O–H groups in total. The second-order valence-corrected chi connectivity index (χ2v) is 23.1. The van der Waals surface area contributed by atoms with Gasteiger partial charge in [0.15, 0.2) is 9.84 Å². The molecular formula is C32H56O2S6. The van der Waals surface area contributed by atoms with Crippen molar-refractivity contribution in [3.05, 3.63) is 0 Å². The summed E-state index contributed by atoms with van der Waals surface area (Å²) in [6.45, 7) is 0. The van der Waals surface area contributed by atoms with E-state index in [-0.39, 0.29) is 10.5 Å². The van der Waals surface area contributed by atoms with E-state index in [9.17, 15) is 8.42 Å². The summed E-state index contributed by atoms with van der Waals surface area (Å²) in [5, 5.41) is 6.60. The Morgan fingerprint density at radius 3 is 0.775 bits per heavy atom. The van der Waals surface area contributed by atoms with Crippen LogP contribution in [0.15, 0.2) is 0 Å². The van der Waals surface area contributed by atoms with Gasteiger partial charge in [-0.1, -0.05) is 0 Å². The molecule has 0 saturated heterocycles. The van der Waals surface area contributed by atoms with Crippen LogP contribution in [0, 0.1) is 0 Å². The summed E-state index contributed by atoms with van der Waals surface area (Å²) in [6, 6.07) is 0. The number of thioether (sulfide) groups is 5. The summed E-state index contributed by atoms with van der Waals surface area (Å²) in [7, 11) is -2.96. The molecule has 0 aliphatic heterocycles. The lowest BCUT2D eigenvalue weighted by atomic mass is 9.98. The van der Waals surface area contributed by atoms with Gasteiger partial charge in [0.1, 0.15) is 0 Å². The summed E-state index contributed by atoms with van der Waals surface area (Å²) >= 11 is 10.9. The van der Waals surface area contributed by atoms with Crippen molar-refractivity contribution >= 4 is 68.6 Å². The third kappa shape index (κ3) is 9.36. The van der Waals surface area contributed by atoms with Crippen LogP contribution in [0.5, 0.6) is 0 Å². The van der Waals surface area contributed by atoms with Crippen molar-refractivity contribution in [3.63, 3.8) is 0 Å². The van der Waals surface area contributed by atoms with Crippen LogP contribution in [0.1, 0.15) is 128 Å². The Kier molecular flexibility index (Phi) is 13.5. The predicted molar refractivity (Wildman–Crippen MR) is 189 cm³/mol. The van der Waals surface area contributed by atoms with Crippen molar-refractivity contribution in [2.24, 2.45) is 0 Å². The SMILES string of the molecule is CSC1CCC(SC2CCC(SC3CCC(S(=O)(=O)C4CCC(SC5CCC(SC)CC5)CC4)CC3)CC2)CC1. The first kappa shape index (κ1) is 33.1. The van der Waals surface area contributed by atoms with Crippen LogP contribution >= 0.6 is 58.8 Å². The number of hydrogen-bond acceptors (Lipinski definition) is 7. The van der Waals surface area contributed by atoms with Crippen LogP contribution in [0.4, 0.5) is 0 Å². The van der Waals surface area contributed by atoms with Gasteiger partial charge in [-0.3, -0.25) is 0 Å². The van der Waals surface area contributed by atoms with Gasteiger partial charge < -0.3 is 0 Å². The van der Waals surface area contributed by atoms with E-state index >= 15 is 0 Å². The lowest BCUT2D eigenvalue weighted by Gasteiger charge is -2.37. The number of hydrogen-bond donors (Lipinski definition) is 0. The third-order valence-electron chi connectivity index (χ3n) is 10.9. The van der Waals surface area contributed by atoms with Crippen LogP contribution in [0.3, 0.4) is 0 Å². The van der Waals surface area contributed by atoms with Crippen molar-refractivity contribution in [2.45, 2.75) is 181 Å². The molecule has 0 bridgehead atoms. The fourth-order valence-electron chi connectivity index (χ4n) is 8.19. The molecule has 8 heteroatoms. The van der Waals surface area contributed by atoms with Crippen LogP contribution in [-0.4, -0.2) is 73.4 Å². The lowest BCUT2D eigenvalue weighted by Crippen LogP contribution is -2.38. The van der Waals surface area contributed by atoms with Gasteiger partial charge in [-0.15, -0.1) is 0 Å². The molecule has 5 fully saturated rings. The Hall–Kier alpha value is 1.70. The van der Waals surface area contributed by atoms with Crippen molar-refractivity contribution in [1.82, 2.24) is 0 Å². The van der Waals surface area contributed by atoms with Gasteiger partial charge in [-0.05, 0) is 141 Å². The molecular weight excluding hydrogens is 609 g/mol. The maximum absolute atomic E-state index is 13.6. The molecule has 2 nitrogen and oxygen atoms in total. The zero-order valence-corrected chi connectivity index (χ0v) is 30.1. The maximum Gasteiger partial charge on any atom is 0.156 e. The van der Waals surface area contributed by atoms with Gasteiger partial charge in [0.2, 0.25) is 0 Å². The molecule has 0 aromatic rings. The van der Waals surface area contributed by atoms with Gasteiger partial charge in [0, 0.05) is 42.0 Å². The predicted octanol–water partition coefficient (Wildman–Crippen LogP) is 9.88. The smallest absolute Gasteiger partial charge is 0.156 e. The first-order valence-electron chi connectivity index (χ1n) is 16.7. The molecule has 5 rings (SSSR count). The van der Waals surface area contributed by atoms with Crippen LogP contribution < -0.4 is 0 Å². The highest BCUT2D eigenvalue weighted by atomic mass is 32.2. The Morgan fingerprint density at radius 1 is 0.350 bits per heavy atom. The average molecular weight is 665 g/mol. The molecule has 0 radical (unpaired) electrons. The van der Waals surface area contributed by atoms with E-state index in [4.69, 9.17) is 0 Å². The molecule has 40 heavy (non-hydrogen) atoms. The fraction of sp³-hybridized carbons (Fsp3) is 1.00.